The normalized spacial score (nSPS) is 9.61. The molecule has 2 rings (SSSR count). The van der Waals surface area contributed by atoms with Crippen LogP contribution in [0.5, 0.6) is 0 Å². The van der Waals surface area contributed by atoms with E-state index >= 15 is 0 Å². The van der Waals surface area contributed by atoms with Gasteiger partial charge in [-0.3, -0.25) is 4.79 Å². The quantitative estimate of drug-likeness (QED) is 0.471. The first-order valence-electron chi connectivity index (χ1n) is 5.19. The fourth-order valence-electron chi connectivity index (χ4n) is 1.58. The van der Waals surface area contributed by atoms with E-state index in [-0.39, 0.29) is 17.0 Å². The summed E-state index contributed by atoms with van der Waals surface area (Å²) in [4.78, 5) is 25.8. The molecule has 0 amide bonds. The Labute approximate surface area is 103 Å². The van der Waals surface area contributed by atoms with Crippen molar-refractivity contribution in [3.05, 3.63) is 65.5 Å². The molecular weight excluding hydrogens is 233 g/mol. The number of hydrogen-bond donors (Lipinski definition) is 0. The van der Waals surface area contributed by atoms with Crippen molar-refractivity contribution in [1.82, 2.24) is 0 Å². The van der Waals surface area contributed by atoms with Crippen LogP contribution < -0.4 is 0 Å². The summed E-state index contributed by atoms with van der Waals surface area (Å²) >= 11 is 0. The van der Waals surface area contributed by atoms with E-state index in [0.29, 0.717) is 5.56 Å². The van der Waals surface area contributed by atoms with E-state index < -0.39 is 5.82 Å². The van der Waals surface area contributed by atoms with E-state index in [1.54, 1.807) is 30.3 Å². The van der Waals surface area contributed by atoms with Crippen molar-refractivity contribution < 1.29 is 14.0 Å². The summed E-state index contributed by atoms with van der Waals surface area (Å²) in [7, 11) is 0. The summed E-state index contributed by atoms with van der Waals surface area (Å²) in [5, 5.41) is 0. The molecular formula is C14H8FNO2. The van der Waals surface area contributed by atoms with Crippen LogP contribution in [0.3, 0.4) is 0 Å². The summed E-state index contributed by atoms with van der Waals surface area (Å²) in [5.74, 6) is -0.877. The van der Waals surface area contributed by atoms with E-state index in [0.717, 1.165) is 12.1 Å². The maximum absolute atomic E-state index is 13.0. The van der Waals surface area contributed by atoms with E-state index in [1.807, 2.05) is 0 Å². The summed E-state index contributed by atoms with van der Waals surface area (Å²) in [6.45, 7) is 0. The van der Waals surface area contributed by atoms with Crippen molar-refractivity contribution in [3.8, 4) is 0 Å². The van der Waals surface area contributed by atoms with Crippen LogP contribution in [-0.4, -0.2) is 11.9 Å². The minimum Gasteiger partial charge on any atom is -0.289 e. The van der Waals surface area contributed by atoms with Gasteiger partial charge in [-0.1, -0.05) is 30.3 Å². The van der Waals surface area contributed by atoms with Gasteiger partial charge in [-0.25, -0.2) is 9.18 Å². The molecule has 88 valence electrons. The van der Waals surface area contributed by atoms with Crippen LogP contribution in [0, 0.1) is 5.82 Å². The molecule has 0 aromatic heterocycles. The van der Waals surface area contributed by atoms with Gasteiger partial charge in [0.25, 0.3) is 0 Å². The number of aliphatic imine (C=N–C) groups is 1. The van der Waals surface area contributed by atoms with Crippen molar-refractivity contribution in [2.24, 2.45) is 4.99 Å². The maximum Gasteiger partial charge on any atom is 0.240 e. The second-order valence-electron chi connectivity index (χ2n) is 3.56. The molecule has 0 saturated heterocycles. The van der Waals surface area contributed by atoms with Crippen LogP contribution in [0.1, 0.15) is 15.9 Å². The summed E-state index contributed by atoms with van der Waals surface area (Å²) in [6.07, 6.45) is 1.31. The van der Waals surface area contributed by atoms with Gasteiger partial charge in [0, 0.05) is 17.2 Å². The second-order valence-corrected chi connectivity index (χ2v) is 3.56. The number of hydrogen-bond acceptors (Lipinski definition) is 3. The Kier molecular flexibility index (Phi) is 3.41. The van der Waals surface area contributed by atoms with Gasteiger partial charge in [-0.2, -0.15) is 4.99 Å². The molecule has 4 heteroatoms. The lowest BCUT2D eigenvalue weighted by atomic mass is 10.0. The van der Waals surface area contributed by atoms with Crippen LogP contribution in [0.25, 0.3) is 0 Å². The highest BCUT2D eigenvalue weighted by Gasteiger charge is 2.13. The van der Waals surface area contributed by atoms with Gasteiger partial charge >= 0.3 is 0 Å². The third-order valence-corrected chi connectivity index (χ3v) is 2.41. The molecule has 0 aliphatic carbocycles. The number of carbonyl (C=O) groups is 1. The van der Waals surface area contributed by atoms with Crippen LogP contribution in [0.4, 0.5) is 10.1 Å². The number of halogens is 1. The van der Waals surface area contributed by atoms with Crippen LogP contribution in [-0.2, 0) is 4.79 Å². The molecule has 2 aromatic rings. The zero-order valence-electron chi connectivity index (χ0n) is 9.26. The lowest BCUT2D eigenvalue weighted by Gasteiger charge is -2.03. The van der Waals surface area contributed by atoms with Gasteiger partial charge < -0.3 is 0 Å². The molecule has 3 nitrogen and oxygen atoms in total. The van der Waals surface area contributed by atoms with Crippen molar-refractivity contribution >= 4 is 17.6 Å². The minimum atomic E-state index is -0.561. The van der Waals surface area contributed by atoms with Gasteiger partial charge in [0.15, 0.2) is 5.78 Å². The van der Waals surface area contributed by atoms with Crippen molar-refractivity contribution in [3.63, 3.8) is 0 Å². The monoisotopic (exact) mass is 241 g/mol. The molecule has 0 spiro atoms. The lowest BCUT2D eigenvalue weighted by Crippen LogP contribution is -2.01. The molecule has 0 aliphatic heterocycles. The largest absolute Gasteiger partial charge is 0.289 e. The smallest absolute Gasteiger partial charge is 0.240 e. The van der Waals surface area contributed by atoms with E-state index in [1.165, 1.54) is 12.1 Å². The highest BCUT2D eigenvalue weighted by molar-refractivity contribution is 6.12. The predicted octanol–water partition coefficient (Wildman–Crippen LogP) is 3.02. The first-order valence-corrected chi connectivity index (χ1v) is 5.19. The Balaban J connectivity index is 2.51. The van der Waals surface area contributed by atoms with Crippen LogP contribution >= 0.6 is 0 Å². The molecule has 0 saturated carbocycles. The molecule has 0 aliphatic rings. The van der Waals surface area contributed by atoms with E-state index in [4.69, 9.17) is 0 Å². The van der Waals surface area contributed by atoms with E-state index in [9.17, 15) is 14.0 Å². The molecule has 0 radical (unpaired) electrons. The Morgan fingerprint density at radius 2 is 1.83 bits per heavy atom. The summed E-state index contributed by atoms with van der Waals surface area (Å²) in [6, 6.07) is 12.0. The highest BCUT2D eigenvalue weighted by Crippen LogP contribution is 2.23. The average molecular weight is 241 g/mol. The summed E-state index contributed by atoms with van der Waals surface area (Å²) < 4.78 is 13.0. The number of nitrogens with zero attached hydrogens (tertiary/aromatic N) is 1. The topological polar surface area (TPSA) is 46.5 Å². The van der Waals surface area contributed by atoms with Crippen molar-refractivity contribution in [2.75, 3.05) is 0 Å². The Hall–Kier alpha value is -2.58. The molecule has 0 atom stereocenters. The van der Waals surface area contributed by atoms with Gasteiger partial charge in [-0.15, -0.1) is 0 Å². The van der Waals surface area contributed by atoms with Crippen LogP contribution in [0.15, 0.2) is 53.5 Å². The minimum absolute atomic E-state index is 0.0150. The first kappa shape index (κ1) is 11.9. The second kappa shape index (κ2) is 5.17. The fourth-order valence-corrected chi connectivity index (χ4v) is 1.58. The van der Waals surface area contributed by atoms with Gasteiger partial charge in [-0.05, 0) is 12.1 Å². The van der Waals surface area contributed by atoms with Gasteiger partial charge in [0.1, 0.15) is 5.82 Å². The molecule has 0 unspecified atom stereocenters. The molecule has 18 heavy (non-hydrogen) atoms. The number of rotatable bonds is 3. The number of ketones is 1. The van der Waals surface area contributed by atoms with Gasteiger partial charge in [0.2, 0.25) is 6.08 Å². The number of benzene rings is 2. The fraction of sp³-hybridized carbons (Fsp3) is 0. The molecule has 0 N–H and O–H groups in total. The predicted molar refractivity (Wildman–Crippen MR) is 64.1 cm³/mol. The average Bonchev–Trinajstić information content (AvgIpc) is 2.40. The SMILES string of the molecule is O=C=Nc1cc(F)ccc1C(=O)c1ccccc1. The number of isocyanates is 1. The Morgan fingerprint density at radius 3 is 2.50 bits per heavy atom. The Bertz CT molecular complexity index is 631. The number of carbonyl (C=O) groups excluding carboxylic acids is 2. The van der Waals surface area contributed by atoms with E-state index in [2.05, 4.69) is 4.99 Å². The van der Waals surface area contributed by atoms with Crippen LogP contribution in [0.2, 0.25) is 0 Å². The third kappa shape index (κ3) is 2.39. The lowest BCUT2D eigenvalue weighted by molar-refractivity contribution is 0.103. The highest BCUT2D eigenvalue weighted by atomic mass is 19.1. The molecule has 0 bridgehead atoms. The van der Waals surface area contributed by atoms with Crippen molar-refractivity contribution in [2.45, 2.75) is 0 Å². The zero-order chi connectivity index (χ0) is 13.0. The standard InChI is InChI=1S/C14H8FNO2/c15-11-6-7-12(13(8-11)16-9-17)14(18)10-4-2-1-3-5-10/h1-8H. The van der Waals surface area contributed by atoms with Gasteiger partial charge in [0.05, 0.1) is 5.69 Å². The third-order valence-electron chi connectivity index (χ3n) is 2.41. The van der Waals surface area contributed by atoms with Crippen molar-refractivity contribution in [1.29, 1.82) is 0 Å². The molecule has 0 fully saturated rings. The Morgan fingerprint density at radius 1 is 1.11 bits per heavy atom. The zero-order valence-corrected chi connectivity index (χ0v) is 9.26. The summed E-state index contributed by atoms with van der Waals surface area (Å²) in [5.41, 5.74) is 0.608. The molecule has 0 heterocycles. The molecule has 2 aromatic carbocycles. The maximum atomic E-state index is 13.0. The first-order chi connectivity index (χ1) is 8.72.